The number of rotatable bonds is 7. The number of halogens is 1. The van der Waals surface area contributed by atoms with Crippen molar-refractivity contribution in [1.29, 1.82) is 0 Å². The van der Waals surface area contributed by atoms with Gasteiger partial charge in [-0.2, -0.15) is 5.10 Å². The third kappa shape index (κ3) is 4.33. The lowest BCUT2D eigenvalue weighted by molar-refractivity contribution is 0.199. The van der Waals surface area contributed by atoms with Crippen molar-refractivity contribution in [3.05, 3.63) is 42.0 Å². The van der Waals surface area contributed by atoms with Crippen LogP contribution in [0.2, 0.25) is 0 Å². The molecule has 1 aromatic carbocycles. The van der Waals surface area contributed by atoms with Gasteiger partial charge in [-0.05, 0) is 17.7 Å². The molecule has 0 fully saturated rings. The molecule has 0 amide bonds. The van der Waals surface area contributed by atoms with Crippen LogP contribution in [-0.4, -0.2) is 30.0 Å². The van der Waals surface area contributed by atoms with Crippen molar-refractivity contribution in [2.45, 2.75) is 16.3 Å². The van der Waals surface area contributed by atoms with Crippen LogP contribution in [0.1, 0.15) is 5.56 Å². The van der Waals surface area contributed by atoms with E-state index in [2.05, 4.69) is 10.4 Å². The summed E-state index contributed by atoms with van der Waals surface area (Å²) in [6, 6.07) is 5.31. The zero-order valence-electron chi connectivity index (χ0n) is 11.6. The van der Waals surface area contributed by atoms with Crippen LogP contribution in [0.4, 0.5) is 4.39 Å². The van der Waals surface area contributed by atoms with E-state index in [1.165, 1.54) is 11.8 Å². The van der Waals surface area contributed by atoms with E-state index in [1.54, 1.807) is 30.1 Å². The maximum absolute atomic E-state index is 14.0. The fourth-order valence-electron chi connectivity index (χ4n) is 1.72. The van der Waals surface area contributed by atoms with Gasteiger partial charge < -0.3 is 10.1 Å². The van der Waals surface area contributed by atoms with Crippen LogP contribution in [0.25, 0.3) is 0 Å². The van der Waals surface area contributed by atoms with E-state index in [1.807, 2.05) is 19.3 Å². The van der Waals surface area contributed by atoms with Gasteiger partial charge >= 0.3 is 0 Å². The summed E-state index contributed by atoms with van der Waals surface area (Å²) < 4.78 is 20.7. The SMILES string of the molecule is COCCNCc1ccc(Sc2cnn(C)c2)c(F)c1. The van der Waals surface area contributed by atoms with Crippen molar-refractivity contribution in [3.63, 3.8) is 0 Å². The Balaban J connectivity index is 1.95. The van der Waals surface area contributed by atoms with Gasteiger partial charge in [0, 0.05) is 38.3 Å². The quantitative estimate of drug-likeness (QED) is 0.796. The fraction of sp³-hybridized carbons (Fsp3) is 0.357. The summed E-state index contributed by atoms with van der Waals surface area (Å²) in [7, 11) is 3.50. The molecule has 1 heterocycles. The lowest BCUT2D eigenvalue weighted by atomic mass is 10.2. The average Bonchev–Trinajstić information content (AvgIpc) is 2.83. The molecule has 2 rings (SSSR count). The summed E-state index contributed by atoms with van der Waals surface area (Å²) in [5, 5.41) is 7.26. The second-order valence-corrected chi connectivity index (χ2v) is 5.50. The fourth-order valence-corrected chi connectivity index (χ4v) is 2.57. The zero-order valence-corrected chi connectivity index (χ0v) is 12.4. The first-order valence-electron chi connectivity index (χ1n) is 6.33. The first-order valence-corrected chi connectivity index (χ1v) is 7.15. The van der Waals surface area contributed by atoms with Gasteiger partial charge in [-0.3, -0.25) is 4.68 Å². The molecule has 0 unspecified atom stereocenters. The molecule has 1 aromatic heterocycles. The largest absolute Gasteiger partial charge is 0.383 e. The Morgan fingerprint density at radius 3 is 2.95 bits per heavy atom. The summed E-state index contributed by atoms with van der Waals surface area (Å²) in [4.78, 5) is 1.54. The van der Waals surface area contributed by atoms with E-state index in [0.717, 1.165) is 17.0 Å². The lowest BCUT2D eigenvalue weighted by Crippen LogP contribution is -2.18. The topological polar surface area (TPSA) is 39.1 Å². The highest BCUT2D eigenvalue weighted by atomic mass is 32.2. The number of methoxy groups -OCH3 is 1. The second kappa shape index (κ2) is 7.42. The number of hydrogen-bond donors (Lipinski definition) is 1. The zero-order chi connectivity index (χ0) is 14.4. The van der Waals surface area contributed by atoms with E-state index in [4.69, 9.17) is 4.74 Å². The summed E-state index contributed by atoms with van der Waals surface area (Å²) in [5.74, 6) is -0.204. The Labute approximate surface area is 122 Å². The summed E-state index contributed by atoms with van der Waals surface area (Å²) in [6.45, 7) is 2.04. The lowest BCUT2D eigenvalue weighted by Gasteiger charge is -2.06. The molecule has 108 valence electrons. The van der Waals surface area contributed by atoms with Crippen LogP contribution < -0.4 is 5.32 Å². The van der Waals surface area contributed by atoms with Gasteiger partial charge in [0.05, 0.1) is 17.7 Å². The Bertz CT molecular complexity index is 559. The molecular formula is C14H18FN3OS. The third-order valence-electron chi connectivity index (χ3n) is 2.72. The normalized spacial score (nSPS) is 10.9. The van der Waals surface area contributed by atoms with E-state index in [0.29, 0.717) is 18.0 Å². The molecule has 0 saturated carbocycles. The molecule has 2 aromatic rings. The highest BCUT2D eigenvalue weighted by molar-refractivity contribution is 7.99. The number of nitrogens with zero attached hydrogens (tertiary/aromatic N) is 2. The third-order valence-corrected chi connectivity index (χ3v) is 3.71. The molecule has 4 nitrogen and oxygen atoms in total. The Hall–Kier alpha value is -1.37. The molecule has 0 bridgehead atoms. The maximum Gasteiger partial charge on any atom is 0.137 e. The number of aromatic nitrogens is 2. The van der Waals surface area contributed by atoms with Crippen molar-refractivity contribution in [2.75, 3.05) is 20.3 Å². The van der Waals surface area contributed by atoms with Crippen molar-refractivity contribution in [2.24, 2.45) is 7.05 Å². The molecule has 0 atom stereocenters. The Morgan fingerprint density at radius 2 is 2.30 bits per heavy atom. The number of nitrogens with one attached hydrogen (secondary N) is 1. The molecular weight excluding hydrogens is 277 g/mol. The monoisotopic (exact) mass is 295 g/mol. The van der Waals surface area contributed by atoms with Crippen molar-refractivity contribution < 1.29 is 9.13 Å². The van der Waals surface area contributed by atoms with Crippen LogP contribution in [0.3, 0.4) is 0 Å². The molecule has 0 aliphatic rings. The molecule has 0 saturated heterocycles. The predicted molar refractivity (Wildman–Crippen MR) is 77.3 cm³/mol. The molecule has 1 N–H and O–H groups in total. The molecule has 0 radical (unpaired) electrons. The van der Waals surface area contributed by atoms with Crippen LogP contribution in [-0.2, 0) is 18.3 Å². The van der Waals surface area contributed by atoms with Crippen molar-refractivity contribution in [1.82, 2.24) is 15.1 Å². The number of hydrogen-bond acceptors (Lipinski definition) is 4. The van der Waals surface area contributed by atoms with E-state index in [9.17, 15) is 4.39 Å². The standard InChI is InChI=1S/C14H18FN3OS/c1-18-10-12(9-17-18)20-14-4-3-11(7-13(14)15)8-16-5-6-19-2/h3-4,7,9-10,16H,5-6,8H2,1-2H3. The summed E-state index contributed by atoms with van der Waals surface area (Å²) in [5.41, 5.74) is 0.925. The van der Waals surface area contributed by atoms with Crippen LogP contribution in [0.5, 0.6) is 0 Å². The van der Waals surface area contributed by atoms with Crippen molar-refractivity contribution in [3.8, 4) is 0 Å². The highest BCUT2D eigenvalue weighted by Gasteiger charge is 2.07. The number of aryl methyl sites for hydroxylation is 1. The van der Waals surface area contributed by atoms with E-state index >= 15 is 0 Å². The first kappa shape index (κ1) is 15.0. The highest BCUT2D eigenvalue weighted by Crippen LogP contribution is 2.29. The van der Waals surface area contributed by atoms with Crippen LogP contribution in [0.15, 0.2) is 40.4 Å². The Kier molecular flexibility index (Phi) is 5.58. The van der Waals surface area contributed by atoms with Crippen molar-refractivity contribution >= 4 is 11.8 Å². The molecule has 0 aliphatic carbocycles. The van der Waals surface area contributed by atoms with Crippen LogP contribution >= 0.6 is 11.8 Å². The molecule has 0 spiro atoms. The van der Waals surface area contributed by atoms with Gasteiger partial charge in [-0.15, -0.1) is 0 Å². The maximum atomic E-state index is 14.0. The number of benzene rings is 1. The first-order chi connectivity index (χ1) is 9.69. The minimum Gasteiger partial charge on any atom is -0.383 e. The van der Waals surface area contributed by atoms with Gasteiger partial charge in [0.1, 0.15) is 5.82 Å². The van der Waals surface area contributed by atoms with Gasteiger partial charge in [0.2, 0.25) is 0 Å². The van der Waals surface area contributed by atoms with Gasteiger partial charge in [-0.25, -0.2) is 4.39 Å². The molecule has 0 aliphatic heterocycles. The minimum atomic E-state index is -0.204. The molecule has 20 heavy (non-hydrogen) atoms. The van der Waals surface area contributed by atoms with E-state index < -0.39 is 0 Å². The second-order valence-electron chi connectivity index (χ2n) is 4.39. The molecule has 6 heteroatoms. The average molecular weight is 295 g/mol. The van der Waals surface area contributed by atoms with Crippen LogP contribution in [0, 0.1) is 5.82 Å². The summed E-state index contributed by atoms with van der Waals surface area (Å²) >= 11 is 1.38. The van der Waals surface area contributed by atoms with E-state index in [-0.39, 0.29) is 5.82 Å². The van der Waals surface area contributed by atoms with Gasteiger partial charge in [0.25, 0.3) is 0 Å². The van der Waals surface area contributed by atoms with Gasteiger partial charge in [0.15, 0.2) is 0 Å². The van der Waals surface area contributed by atoms with Gasteiger partial charge in [-0.1, -0.05) is 17.8 Å². The number of ether oxygens (including phenoxy) is 1. The predicted octanol–water partition coefficient (Wildman–Crippen LogP) is 2.45. The Morgan fingerprint density at radius 1 is 1.45 bits per heavy atom. The minimum absolute atomic E-state index is 0.204. The summed E-state index contributed by atoms with van der Waals surface area (Å²) in [6.07, 6.45) is 3.59. The smallest absolute Gasteiger partial charge is 0.137 e.